The molecule has 0 saturated heterocycles. The zero-order valence-electron chi connectivity index (χ0n) is 10.1. The van der Waals surface area contributed by atoms with Gasteiger partial charge >= 0.3 is 0 Å². The number of benzene rings is 2. The highest BCUT2D eigenvalue weighted by molar-refractivity contribution is 6.30. The summed E-state index contributed by atoms with van der Waals surface area (Å²) < 4.78 is 5.67. The minimum atomic E-state index is -0.486. The minimum Gasteiger partial charge on any atom is -0.489 e. The van der Waals surface area contributed by atoms with Crippen LogP contribution in [0.4, 0.5) is 0 Å². The first-order valence-electron chi connectivity index (χ1n) is 5.80. The zero-order valence-corrected chi connectivity index (χ0v) is 10.9. The van der Waals surface area contributed by atoms with Crippen molar-refractivity contribution in [1.29, 1.82) is 0 Å². The Bertz CT molecular complexity index is 523. The second kappa shape index (κ2) is 5.89. The maximum Gasteiger partial charge on any atom is 0.120 e. The summed E-state index contributed by atoms with van der Waals surface area (Å²) in [6, 6.07) is 15.0. The number of hydrogen-bond donors (Lipinski definition) is 1. The molecular weight excluding hydrogens is 248 g/mol. The molecule has 2 rings (SSSR count). The van der Waals surface area contributed by atoms with Crippen LogP contribution in [0.1, 0.15) is 24.2 Å². The van der Waals surface area contributed by atoms with Crippen molar-refractivity contribution in [3.63, 3.8) is 0 Å². The Morgan fingerprint density at radius 3 is 2.67 bits per heavy atom. The normalized spacial score (nSPS) is 12.2. The average Bonchev–Trinajstić information content (AvgIpc) is 2.37. The SMILES string of the molecule is C[C@@H](O)c1cccc(OCc2cccc(Cl)c2)c1. The number of halogens is 1. The molecule has 0 heterocycles. The molecule has 0 unspecified atom stereocenters. The van der Waals surface area contributed by atoms with E-state index in [1.165, 1.54) is 0 Å². The summed E-state index contributed by atoms with van der Waals surface area (Å²) in [5.74, 6) is 0.744. The molecule has 0 radical (unpaired) electrons. The van der Waals surface area contributed by atoms with E-state index in [-0.39, 0.29) is 0 Å². The van der Waals surface area contributed by atoms with E-state index in [0.29, 0.717) is 11.6 Å². The number of ether oxygens (including phenoxy) is 1. The average molecular weight is 263 g/mol. The first kappa shape index (κ1) is 12.9. The van der Waals surface area contributed by atoms with Gasteiger partial charge in [0.15, 0.2) is 0 Å². The largest absolute Gasteiger partial charge is 0.489 e. The van der Waals surface area contributed by atoms with E-state index in [9.17, 15) is 5.11 Å². The van der Waals surface area contributed by atoms with Crippen LogP contribution in [0.15, 0.2) is 48.5 Å². The van der Waals surface area contributed by atoms with Crippen molar-refractivity contribution < 1.29 is 9.84 Å². The molecule has 0 amide bonds. The van der Waals surface area contributed by atoms with Crippen LogP contribution in [-0.2, 0) is 6.61 Å². The van der Waals surface area contributed by atoms with Crippen molar-refractivity contribution >= 4 is 11.6 Å². The third-order valence-corrected chi connectivity index (χ3v) is 2.87. The maximum absolute atomic E-state index is 9.50. The first-order chi connectivity index (χ1) is 8.65. The van der Waals surface area contributed by atoms with Gasteiger partial charge in [-0.25, -0.2) is 0 Å². The van der Waals surface area contributed by atoms with Crippen molar-refractivity contribution in [2.24, 2.45) is 0 Å². The molecule has 0 bridgehead atoms. The molecule has 0 aliphatic heterocycles. The minimum absolute atomic E-state index is 0.462. The molecule has 2 nitrogen and oxygen atoms in total. The Balaban J connectivity index is 2.04. The lowest BCUT2D eigenvalue weighted by Crippen LogP contribution is -1.97. The Morgan fingerprint density at radius 2 is 1.94 bits per heavy atom. The van der Waals surface area contributed by atoms with Crippen molar-refractivity contribution in [3.05, 3.63) is 64.7 Å². The third-order valence-electron chi connectivity index (χ3n) is 2.64. The lowest BCUT2D eigenvalue weighted by Gasteiger charge is -2.09. The number of aliphatic hydroxyl groups excluding tert-OH is 1. The van der Waals surface area contributed by atoms with Crippen LogP contribution in [-0.4, -0.2) is 5.11 Å². The summed E-state index contributed by atoms with van der Waals surface area (Å²) in [6.45, 7) is 2.19. The fraction of sp³-hybridized carbons (Fsp3) is 0.200. The van der Waals surface area contributed by atoms with Gasteiger partial charge in [-0.2, -0.15) is 0 Å². The summed E-state index contributed by atoms with van der Waals surface area (Å²) >= 11 is 5.90. The molecule has 0 spiro atoms. The van der Waals surface area contributed by atoms with Gasteiger partial charge in [-0.1, -0.05) is 35.9 Å². The highest BCUT2D eigenvalue weighted by Crippen LogP contribution is 2.20. The molecule has 0 saturated carbocycles. The van der Waals surface area contributed by atoms with Crippen LogP contribution in [0.2, 0.25) is 5.02 Å². The van der Waals surface area contributed by atoms with Crippen LogP contribution in [0.25, 0.3) is 0 Å². The molecule has 94 valence electrons. The van der Waals surface area contributed by atoms with Gasteiger partial charge < -0.3 is 9.84 Å². The van der Waals surface area contributed by atoms with E-state index < -0.39 is 6.10 Å². The Morgan fingerprint density at radius 1 is 1.17 bits per heavy atom. The summed E-state index contributed by atoms with van der Waals surface area (Å²) in [6.07, 6.45) is -0.486. The molecule has 18 heavy (non-hydrogen) atoms. The van der Waals surface area contributed by atoms with Gasteiger partial charge in [0.05, 0.1) is 6.10 Å². The third kappa shape index (κ3) is 3.49. The standard InChI is InChI=1S/C15H15ClO2/c1-11(17)13-5-3-7-15(9-13)18-10-12-4-2-6-14(16)8-12/h2-9,11,17H,10H2,1H3/t11-/m1/s1. The lowest BCUT2D eigenvalue weighted by atomic mass is 10.1. The van der Waals surface area contributed by atoms with Gasteiger partial charge in [-0.05, 0) is 42.3 Å². The zero-order chi connectivity index (χ0) is 13.0. The van der Waals surface area contributed by atoms with Gasteiger partial charge in [0, 0.05) is 5.02 Å². The molecule has 1 atom stereocenters. The van der Waals surface area contributed by atoms with Crippen LogP contribution >= 0.6 is 11.6 Å². The van der Waals surface area contributed by atoms with Gasteiger partial charge in [-0.15, -0.1) is 0 Å². The molecule has 2 aromatic carbocycles. The molecule has 1 N–H and O–H groups in total. The van der Waals surface area contributed by atoms with E-state index in [1.807, 2.05) is 48.5 Å². The highest BCUT2D eigenvalue weighted by Gasteiger charge is 2.02. The van der Waals surface area contributed by atoms with Crippen molar-refractivity contribution in [1.82, 2.24) is 0 Å². The van der Waals surface area contributed by atoms with Crippen molar-refractivity contribution in [2.45, 2.75) is 19.6 Å². The summed E-state index contributed by atoms with van der Waals surface area (Å²) in [4.78, 5) is 0. The summed E-state index contributed by atoms with van der Waals surface area (Å²) in [5, 5.41) is 10.2. The monoisotopic (exact) mass is 262 g/mol. The van der Waals surface area contributed by atoms with Crippen molar-refractivity contribution in [2.75, 3.05) is 0 Å². The maximum atomic E-state index is 9.50. The predicted octanol–water partition coefficient (Wildman–Crippen LogP) is 3.97. The Labute approximate surface area is 112 Å². The van der Waals surface area contributed by atoms with E-state index in [1.54, 1.807) is 6.92 Å². The van der Waals surface area contributed by atoms with E-state index >= 15 is 0 Å². The van der Waals surface area contributed by atoms with E-state index in [4.69, 9.17) is 16.3 Å². The predicted molar refractivity (Wildman–Crippen MR) is 72.9 cm³/mol. The van der Waals surface area contributed by atoms with Crippen molar-refractivity contribution in [3.8, 4) is 5.75 Å². The molecule has 0 aromatic heterocycles. The van der Waals surface area contributed by atoms with Crippen LogP contribution < -0.4 is 4.74 Å². The molecule has 0 fully saturated rings. The lowest BCUT2D eigenvalue weighted by molar-refractivity contribution is 0.198. The second-order valence-electron chi connectivity index (χ2n) is 4.17. The van der Waals surface area contributed by atoms with Gasteiger partial charge in [0.1, 0.15) is 12.4 Å². The van der Waals surface area contributed by atoms with Gasteiger partial charge in [-0.3, -0.25) is 0 Å². The van der Waals surface area contributed by atoms with Crippen LogP contribution in [0, 0.1) is 0 Å². The quantitative estimate of drug-likeness (QED) is 0.903. The number of aliphatic hydroxyl groups is 1. The molecule has 3 heteroatoms. The fourth-order valence-electron chi connectivity index (χ4n) is 1.66. The second-order valence-corrected chi connectivity index (χ2v) is 4.60. The molecular formula is C15H15ClO2. The fourth-order valence-corrected chi connectivity index (χ4v) is 1.87. The first-order valence-corrected chi connectivity index (χ1v) is 6.18. The Kier molecular flexibility index (Phi) is 4.24. The smallest absolute Gasteiger partial charge is 0.120 e. The van der Waals surface area contributed by atoms with Crippen LogP contribution in [0.5, 0.6) is 5.75 Å². The summed E-state index contributed by atoms with van der Waals surface area (Å²) in [5.41, 5.74) is 1.86. The number of rotatable bonds is 4. The van der Waals surface area contributed by atoms with Gasteiger partial charge in [0.25, 0.3) is 0 Å². The van der Waals surface area contributed by atoms with Crippen LogP contribution in [0.3, 0.4) is 0 Å². The van der Waals surface area contributed by atoms with E-state index in [0.717, 1.165) is 16.9 Å². The van der Waals surface area contributed by atoms with Gasteiger partial charge in [0.2, 0.25) is 0 Å². The van der Waals surface area contributed by atoms with E-state index in [2.05, 4.69) is 0 Å². The number of hydrogen-bond acceptors (Lipinski definition) is 2. The molecule has 0 aliphatic rings. The molecule has 0 aliphatic carbocycles. The molecule has 2 aromatic rings. The summed E-state index contributed by atoms with van der Waals surface area (Å²) in [7, 11) is 0. The highest BCUT2D eigenvalue weighted by atomic mass is 35.5. The Hall–Kier alpha value is -1.51. The topological polar surface area (TPSA) is 29.5 Å².